The number of carbonyl (C=O) groups excluding carboxylic acids is 1. The Balaban J connectivity index is 2.11. The molecule has 98 valence electrons. The summed E-state index contributed by atoms with van der Waals surface area (Å²) in [4.78, 5) is 12.2. The predicted molar refractivity (Wildman–Crippen MR) is 65.2 cm³/mol. The molecular weight excluding hydrogens is 235 g/mol. The van der Waals surface area contributed by atoms with Gasteiger partial charge in [0.1, 0.15) is 0 Å². The standard InChI is InChI=1S/C14H17FO3/c1-18-13-7-4-10(8-12(13)15)14(17)9-2-5-11(16)6-3-9/h4,7-9,11,16H,2-3,5-6H2,1H3. The van der Waals surface area contributed by atoms with E-state index in [1.807, 2.05) is 0 Å². The van der Waals surface area contributed by atoms with Gasteiger partial charge in [-0.05, 0) is 43.9 Å². The van der Waals surface area contributed by atoms with Crippen LogP contribution in [0.1, 0.15) is 36.0 Å². The average molecular weight is 252 g/mol. The summed E-state index contributed by atoms with van der Waals surface area (Å²) < 4.78 is 18.3. The summed E-state index contributed by atoms with van der Waals surface area (Å²) >= 11 is 0. The number of ether oxygens (including phenoxy) is 1. The number of aliphatic hydroxyl groups excluding tert-OH is 1. The Hall–Kier alpha value is -1.42. The SMILES string of the molecule is COc1ccc(C(=O)C2CCC(O)CC2)cc1F. The molecule has 18 heavy (non-hydrogen) atoms. The highest BCUT2D eigenvalue weighted by Gasteiger charge is 2.26. The predicted octanol–water partition coefficient (Wildman–Crippen LogP) is 2.57. The first-order chi connectivity index (χ1) is 8.61. The average Bonchev–Trinajstić information content (AvgIpc) is 2.38. The molecule has 0 saturated heterocycles. The Morgan fingerprint density at radius 1 is 1.33 bits per heavy atom. The Kier molecular flexibility index (Phi) is 3.97. The summed E-state index contributed by atoms with van der Waals surface area (Å²) in [5, 5.41) is 9.40. The lowest BCUT2D eigenvalue weighted by atomic mass is 9.82. The number of Topliss-reactive ketones (excluding diaryl/α,β-unsaturated/α-hetero) is 1. The Labute approximate surface area is 106 Å². The van der Waals surface area contributed by atoms with Crippen LogP contribution in [0.2, 0.25) is 0 Å². The van der Waals surface area contributed by atoms with E-state index in [9.17, 15) is 14.3 Å². The molecule has 1 aromatic carbocycles. The van der Waals surface area contributed by atoms with Crippen LogP contribution in [-0.2, 0) is 0 Å². The fraction of sp³-hybridized carbons (Fsp3) is 0.500. The van der Waals surface area contributed by atoms with E-state index in [1.54, 1.807) is 6.07 Å². The van der Waals surface area contributed by atoms with Crippen LogP contribution in [0.25, 0.3) is 0 Å². The van der Waals surface area contributed by atoms with Crippen molar-refractivity contribution in [3.8, 4) is 5.75 Å². The second kappa shape index (κ2) is 5.48. The molecule has 1 aromatic rings. The number of halogens is 1. The number of aliphatic hydroxyl groups is 1. The first kappa shape index (κ1) is 13.0. The maximum Gasteiger partial charge on any atom is 0.166 e. The smallest absolute Gasteiger partial charge is 0.166 e. The second-order valence-electron chi connectivity index (χ2n) is 4.72. The van der Waals surface area contributed by atoms with Crippen molar-refractivity contribution in [3.63, 3.8) is 0 Å². The summed E-state index contributed by atoms with van der Waals surface area (Å²) in [7, 11) is 1.39. The van der Waals surface area contributed by atoms with Gasteiger partial charge in [0.25, 0.3) is 0 Å². The Morgan fingerprint density at radius 2 is 2.00 bits per heavy atom. The van der Waals surface area contributed by atoms with Gasteiger partial charge in [0.2, 0.25) is 0 Å². The molecule has 4 heteroatoms. The van der Waals surface area contributed by atoms with Gasteiger partial charge in [-0.3, -0.25) is 4.79 Å². The summed E-state index contributed by atoms with van der Waals surface area (Å²) in [5.74, 6) is -0.505. The third kappa shape index (κ3) is 2.70. The minimum atomic E-state index is -0.515. The van der Waals surface area contributed by atoms with Crippen molar-refractivity contribution in [2.75, 3.05) is 7.11 Å². The van der Waals surface area contributed by atoms with Crippen LogP contribution in [0.15, 0.2) is 18.2 Å². The monoisotopic (exact) mass is 252 g/mol. The molecule has 0 radical (unpaired) electrons. The number of methoxy groups -OCH3 is 1. The summed E-state index contributed by atoms with van der Waals surface area (Å²) in [6.07, 6.45) is 2.35. The number of hydrogen-bond donors (Lipinski definition) is 1. The summed E-state index contributed by atoms with van der Waals surface area (Å²) in [6.45, 7) is 0. The molecule has 1 fully saturated rings. The highest BCUT2D eigenvalue weighted by molar-refractivity contribution is 5.98. The van der Waals surface area contributed by atoms with Crippen molar-refractivity contribution in [3.05, 3.63) is 29.6 Å². The van der Waals surface area contributed by atoms with E-state index in [0.717, 1.165) is 0 Å². The Morgan fingerprint density at radius 3 is 2.56 bits per heavy atom. The lowest BCUT2D eigenvalue weighted by Gasteiger charge is -2.24. The molecule has 2 rings (SSSR count). The van der Waals surface area contributed by atoms with Gasteiger partial charge in [0.15, 0.2) is 17.3 Å². The number of ketones is 1. The molecule has 0 heterocycles. The molecule has 0 atom stereocenters. The van der Waals surface area contributed by atoms with Crippen molar-refractivity contribution >= 4 is 5.78 Å². The van der Waals surface area contributed by atoms with E-state index in [-0.39, 0.29) is 23.6 Å². The van der Waals surface area contributed by atoms with E-state index < -0.39 is 5.82 Å². The van der Waals surface area contributed by atoms with Gasteiger partial charge in [-0.25, -0.2) is 4.39 Å². The minimum Gasteiger partial charge on any atom is -0.494 e. The molecule has 0 aliphatic heterocycles. The summed E-state index contributed by atoms with van der Waals surface area (Å²) in [5.41, 5.74) is 0.384. The zero-order valence-corrected chi connectivity index (χ0v) is 10.4. The molecule has 0 spiro atoms. The topological polar surface area (TPSA) is 46.5 Å². The fourth-order valence-electron chi connectivity index (χ4n) is 2.39. The zero-order chi connectivity index (χ0) is 13.1. The molecule has 1 aliphatic carbocycles. The number of benzene rings is 1. The lowest BCUT2D eigenvalue weighted by molar-refractivity contribution is 0.0764. The van der Waals surface area contributed by atoms with E-state index in [0.29, 0.717) is 31.2 Å². The van der Waals surface area contributed by atoms with Gasteiger partial charge < -0.3 is 9.84 Å². The van der Waals surface area contributed by atoms with Crippen LogP contribution in [0, 0.1) is 11.7 Å². The first-order valence-corrected chi connectivity index (χ1v) is 6.17. The van der Waals surface area contributed by atoms with Gasteiger partial charge in [-0.2, -0.15) is 0 Å². The van der Waals surface area contributed by atoms with Crippen LogP contribution < -0.4 is 4.74 Å². The quantitative estimate of drug-likeness (QED) is 0.841. The third-order valence-corrected chi connectivity index (χ3v) is 3.50. The Bertz CT molecular complexity index is 437. The van der Waals surface area contributed by atoms with E-state index in [4.69, 9.17) is 4.74 Å². The van der Waals surface area contributed by atoms with Gasteiger partial charge >= 0.3 is 0 Å². The molecule has 0 unspecified atom stereocenters. The summed E-state index contributed by atoms with van der Waals surface area (Å²) in [6, 6.07) is 4.29. The maximum atomic E-state index is 13.5. The molecular formula is C14H17FO3. The van der Waals surface area contributed by atoms with Crippen LogP contribution in [0.3, 0.4) is 0 Å². The van der Waals surface area contributed by atoms with Crippen molar-refractivity contribution in [2.24, 2.45) is 5.92 Å². The molecule has 1 aliphatic rings. The van der Waals surface area contributed by atoms with Crippen molar-refractivity contribution in [1.82, 2.24) is 0 Å². The number of rotatable bonds is 3. The van der Waals surface area contributed by atoms with Crippen molar-refractivity contribution in [2.45, 2.75) is 31.8 Å². The van der Waals surface area contributed by atoms with Gasteiger partial charge in [-0.1, -0.05) is 0 Å². The zero-order valence-electron chi connectivity index (χ0n) is 10.4. The molecule has 0 amide bonds. The van der Waals surface area contributed by atoms with Crippen LogP contribution in [0.4, 0.5) is 4.39 Å². The van der Waals surface area contributed by atoms with Crippen LogP contribution in [-0.4, -0.2) is 24.1 Å². The second-order valence-corrected chi connectivity index (χ2v) is 4.72. The van der Waals surface area contributed by atoms with Gasteiger partial charge in [0, 0.05) is 11.5 Å². The molecule has 1 N–H and O–H groups in total. The molecule has 0 bridgehead atoms. The van der Waals surface area contributed by atoms with E-state index >= 15 is 0 Å². The molecule has 0 aromatic heterocycles. The van der Waals surface area contributed by atoms with E-state index in [1.165, 1.54) is 19.2 Å². The highest BCUT2D eigenvalue weighted by atomic mass is 19.1. The van der Waals surface area contributed by atoms with Crippen LogP contribution in [0.5, 0.6) is 5.75 Å². The fourth-order valence-corrected chi connectivity index (χ4v) is 2.39. The molecule has 1 saturated carbocycles. The largest absolute Gasteiger partial charge is 0.494 e. The van der Waals surface area contributed by atoms with Gasteiger partial charge in [-0.15, -0.1) is 0 Å². The minimum absolute atomic E-state index is 0.0385. The first-order valence-electron chi connectivity index (χ1n) is 6.17. The van der Waals surface area contributed by atoms with Gasteiger partial charge in [0.05, 0.1) is 13.2 Å². The van der Waals surface area contributed by atoms with Crippen LogP contribution >= 0.6 is 0 Å². The van der Waals surface area contributed by atoms with E-state index in [2.05, 4.69) is 0 Å². The number of carbonyl (C=O) groups is 1. The maximum absolute atomic E-state index is 13.5. The normalized spacial score (nSPS) is 23.7. The lowest BCUT2D eigenvalue weighted by Crippen LogP contribution is -2.24. The number of hydrogen-bond acceptors (Lipinski definition) is 3. The third-order valence-electron chi connectivity index (χ3n) is 3.50. The molecule has 3 nitrogen and oxygen atoms in total. The highest BCUT2D eigenvalue weighted by Crippen LogP contribution is 2.28. The van der Waals surface area contributed by atoms with Crippen molar-refractivity contribution < 1.29 is 19.0 Å². The van der Waals surface area contributed by atoms with Crippen molar-refractivity contribution in [1.29, 1.82) is 0 Å².